The first kappa shape index (κ1) is 13.1. The van der Waals surface area contributed by atoms with Crippen LogP contribution in [0, 0.1) is 0 Å². The molecule has 0 saturated carbocycles. The second kappa shape index (κ2) is 5.14. The van der Waals surface area contributed by atoms with E-state index in [1.165, 1.54) is 0 Å². The molecule has 0 unspecified atom stereocenters. The van der Waals surface area contributed by atoms with Crippen LogP contribution in [-0.2, 0) is 3.79 Å². The van der Waals surface area contributed by atoms with Gasteiger partial charge in [-0.2, -0.15) is 0 Å². The topological polar surface area (TPSA) is 68.0 Å². The standard InChI is InChI=1S/C10H6Cl3N3O2/c11-10(12,13)9-16-15-8(18-9)7(17)14-6-4-2-1-3-5-6/h1-5H,(H,14,17). The summed E-state index contributed by atoms with van der Waals surface area (Å²) in [6, 6.07) is 8.80. The smallest absolute Gasteiger partial charge is 0.313 e. The summed E-state index contributed by atoms with van der Waals surface area (Å²) in [6.45, 7) is 0. The number of hydrogen-bond donors (Lipinski definition) is 1. The summed E-state index contributed by atoms with van der Waals surface area (Å²) in [4.78, 5) is 11.7. The lowest BCUT2D eigenvalue weighted by Gasteiger charge is -2.03. The summed E-state index contributed by atoms with van der Waals surface area (Å²) < 4.78 is 3.10. The normalized spacial score (nSPS) is 11.3. The van der Waals surface area contributed by atoms with Crippen molar-refractivity contribution in [2.45, 2.75) is 3.79 Å². The Labute approximate surface area is 117 Å². The third-order valence-electron chi connectivity index (χ3n) is 1.89. The van der Waals surface area contributed by atoms with Crippen molar-refractivity contribution in [1.82, 2.24) is 10.2 Å². The van der Waals surface area contributed by atoms with Crippen LogP contribution in [0.1, 0.15) is 16.6 Å². The molecule has 8 heteroatoms. The van der Waals surface area contributed by atoms with Crippen LogP contribution in [0.15, 0.2) is 34.7 Å². The molecule has 2 aromatic rings. The SMILES string of the molecule is O=C(Nc1ccccc1)c1nnc(C(Cl)(Cl)Cl)o1. The van der Waals surface area contributed by atoms with Crippen LogP contribution in [0.25, 0.3) is 0 Å². The number of hydrogen-bond acceptors (Lipinski definition) is 4. The zero-order chi connectivity index (χ0) is 13.2. The van der Waals surface area contributed by atoms with Crippen LogP contribution >= 0.6 is 34.8 Å². The van der Waals surface area contributed by atoms with Crippen molar-refractivity contribution >= 4 is 46.4 Å². The van der Waals surface area contributed by atoms with Crippen molar-refractivity contribution in [3.8, 4) is 0 Å². The fourth-order valence-electron chi connectivity index (χ4n) is 1.14. The average Bonchev–Trinajstić information content (AvgIpc) is 2.79. The number of halogens is 3. The largest absolute Gasteiger partial charge is 0.412 e. The van der Waals surface area contributed by atoms with E-state index in [0.29, 0.717) is 5.69 Å². The molecule has 2 rings (SSSR count). The number of carbonyl (C=O) groups excluding carboxylic acids is 1. The van der Waals surface area contributed by atoms with E-state index in [4.69, 9.17) is 39.2 Å². The number of nitrogens with zero attached hydrogens (tertiary/aromatic N) is 2. The summed E-state index contributed by atoms with van der Waals surface area (Å²) in [5, 5.41) is 9.53. The van der Waals surface area contributed by atoms with Gasteiger partial charge in [-0.1, -0.05) is 53.0 Å². The molecule has 1 aromatic heterocycles. The van der Waals surface area contributed by atoms with Gasteiger partial charge in [0.15, 0.2) is 0 Å². The maximum atomic E-state index is 11.7. The third kappa shape index (κ3) is 3.13. The van der Waals surface area contributed by atoms with Gasteiger partial charge in [-0.05, 0) is 12.1 Å². The molecule has 0 spiro atoms. The lowest BCUT2D eigenvalue weighted by molar-refractivity contribution is 0.0988. The molecule has 0 aliphatic carbocycles. The highest BCUT2D eigenvalue weighted by Crippen LogP contribution is 2.36. The highest BCUT2D eigenvalue weighted by molar-refractivity contribution is 6.66. The van der Waals surface area contributed by atoms with Crippen molar-refractivity contribution in [3.63, 3.8) is 0 Å². The monoisotopic (exact) mass is 305 g/mol. The second-order valence-corrected chi connectivity index (χ2v) is 5.51. The predicted octanol–water partition coefficient (Wildman–Crippen LogP) is 3.15. The maximum absolute atomic E-state index is 11.7. The number of carbonyl (C=O) groups is 1. The Morgan fingerprint density at radius 1 is 1.17 bits per heavy atom. The highest BCUT2D eigenvalue weighted by atomic mass is 35.6. The summed E-state index contributed by atoms with van der Waals surface area (Å²) in [5.74, 6) is -1.11. The van der Waals surface area contributed by atoms with Gasteiger partial charge in [0.05, 0.1) is 0 Å². The second-order valence-electron chi connectivity index (χ2n) is 3.23. The van der Waals surface area contributed by atoms with E-state index < -0.39 is 9.70 Å². The van der Waals surface area contributed by atoms with Gasteiger partial charge in [0, 0.05) is 5.69 Å². The fourth-order valence-corrected chi connectivity index (χ4v) is 1.36. The molecule has 0 radical (unpaired) electrons. The number of para-hydroxylation sites is 1. The van der Waals surface area contributed by atoms with Crippen LogP contribution in [0.3, 0.4) is 0 Å². The molecule has 5 nitrogen and oxygen atoms in total. The van der Waals surface area contributed by atoms with E-state index in [2.05, 4.69) is 15.5 Å². The molecule has 1 aromatic carbocycles. The molecular weight excluding hydrogens is 300 g/mol. The predicted molar refractivity (Wildman–Crippen MR) is 67.9 cm³/mol. The minimum atomic E-state index is -1.85. The van der Waals surface area contributed by atoms with Crippen LogP contribution in [0.4, 0.5) is 5.69 Å². The van der Waals surface area contributed by atoms with E-state index in [1.807, 2.05) is 6.07 Å². The Morgan fingerprint density at radius 3 is 2.39 bits per heavy atom. The molecule has 0 saturated heterocycles. The van der Waals surface area contributed by atoms with Gasteiger partial charge < -0.3 is 9.73 Å². The van der Waals surface area contributed by atoms with Gasteiger partial charge in [-0.25, -0.2) is 0 Å². The van der Waals surface area contributed by atoms with Gasteiger partial charge in [-0.15, -0.1) is 10.2 Å². The highest BCUT2D eigenvalue weighted by Gasteiger charge is 2.31. The molecule has 1 N–H and O–H groups in total. The minimum absolute atomic E-state index is 0.259. The lowest BCUT2D eigenvalue weighted by atomic mass is 10.3. The van der Waals surface area contributed by atoms with E-state index in [-0.39, 0.29) is 11.8 Å². The van der Waals surface area contributed by atoms with E-state index in [0.717, 1.165) is 0 Å². The molecule has 0 bridgehead atoms. The van der Waals surface area contributed by atoms with E-state index >= 15 is 0 Å². The third-order valence-corrected chi connectivity index (χ3v) is 2.38. The maximum Gasteiger partial charge on any atom is 0.313 e. The van der Waals surface area contributed by atoms with Gasteiger partial charge in [0.25, 0.3) is 9.68 Å². The molecule has 18 heavy (non-hydrogen) atoms. The zero-order valence-electron chi connectivity index (χ0n) is 8.73. The Balaban J connectivity index is 2.13. The van der Waals surface area contributed by atoms with E-state index in [1.54, 1.807) is 24.3 Å². The number of benzene rings is 1. The lowest BCUT2D eigenvalue weighted by Crippen LogP contribution is -2.12. The zero-order valence-corrected chi connectivity index (χ0v) is 11.0. The van der Waals surface area contributed by atoms with Gasteiger partial charge in [-0.3, -0.25) is 4.79 Å². The number of nitrogens with one attached hydrogen (secondary N) is 1. The number of rotatable bonds is 2. The number of amides is 1. The molecule has 0 fully saturated rings. The minimum Gasteiger partial charge on any atom is -0.412 e. The summed E-state index contributed by atoms with van der Waals surface area (Å²) in [5.41, 5.74) is 0.594. The quantitative estimate of drug-likeness (QED) is 0.865. The Kier molecular flexibility index (Phi) is 3.75. The van der Waals surface area contributed by atoms with Gasteiger partial charge in [0.2, 0.25) is 0 Å². The first-order valence-corrected chi connectivity index (χ1v) is 5.87. The van der Waals surface area contributed by atoms with Crippen LogP contribution < -0.4 is 5.32 Å². The summed E-state index contributed by atoms with van der Waals surface area (Å²) in [7, 11) is 0. The van der Waals surface area contributed by atoms with Crippen LogP contribution in [-0.4, -0.2) is 16.1 Å². The molecule has 0 atom stereocenters. The Hall–Kier alpha value is -1.30. The Bertz CT molecular complexity index is 551. The van der Waals surface area contributed by atoms with Crippen molar-refractivity contribution in [2.75, 3.05) is 5.32 Å². The number of anilines is 1. The molecular formula is C10H6Cl3N3O2. The van der Waals surface area contributed by atoms with Gasteiger partial charge >= 0.3 is 11.8 Å². The summed E-state index contributed by atoms with van der Waals surface area (Å²) in [6.07, 6.45) is 0. The van der Waals surface area contributed by atoms with Crippen molar-refractivity contribution in [1.29, 1.82) is 0 Å². The van der Waals surface area contributed by atoms with E-state index in [9.17, 15) is 4.79 Å². The number of alkyl halides is 3. The first-order valence-electron chi connectivity index (χ1n) is 4.74. The Morgan fingerprint density at radius 2 is 1.83 bits per heavy atom. The van der Waals surface area contributed by atoms with Crippen molar-refractivity contribution < 1.29 is 9.21 Å². The molecule has 0 aliphatic heterocycles. The first-order chi connectivity index (χ1) is 8.47. The summed E-state index contributed by atoms with van der Waals surface area (Å²) >= 11 is 16.6. The molecule has 1 amide bonds. The molecule has 94 valence electrons. The van der Waals surface area contributed by atoms with Crippen molar-refractivity contribution in [3.05, 3.63) is 42.1 Å². The van der Waals surface area contributed by atoms with Crippen LogP contribution in [0.5, 0.6) is 0 Å². The van der Waals surface area contributed by atoms with Crippen LogP contribution in [0.2, 0.25) is 0 Å². The molecule has 0 aliphatic rings. The van der Waals surface area contributed by atoms with Crippen molar-refractivity contribution in [2.24, 2.45) is 0 Å². The average molecular weight is 307 g/mol. The molecule has 1 heterocycles. The van der Waals surface area contributed by atoms with Gasteiger partial charge in [0.1, 0.15) is 0 Å². The fraction of sp³-hybridized carbons (Fsp3) is 0.100. The number of aromatic nitrogens is 2.